The second kappa shape index (κ2) is 8.66. The van der Waals surface area contributed by atoms with Crippen LogP contribution < -0.4 is 16.0 Å². The Hall–Kier alpha value is -2.90. The molecule has 3 amide bonds. The van der Waals surface area contributed by atoms with Crippen LogP contribution in [0.5, 0.6) is 0 Å². The largest absolute Gasteiger partial charge is 0.479 e. The SMILES string of the molecule is CCC(NC(=O)CNC(=O)CNC(C)=O)(C(=O)O)c1ccccc1. The van der Waals surface area contributed by atoms with E-state index in [0.29, 0.717) is 5.56 Å². The summed E-state index contributed by atoms with van der Waals surface area (Å²) < 4.78 is 0. The molecule has 0 aliphatic rings. The number of carbonyl (C=O) groups is 4. The number of carboxylic acids is 1. The first-order chi connectivity index (χ1) is 11.3. The van der Waals surface area contributed by atoms with Gasteiger partial charge in [-0.1, -0.05) is 37.3 Å². The molecule has 0 bridgehead atoms. The molecule has 0 saturated heterocycles. The normalized spacial score (nSPS) is 12.6. The molecule has 1 aromatic carbocycles. The van der Waals surface area contributed by atoms with Crippen molar-refractivity contribution in [3.63, 3.8) is 0 Å². The topological polar surface area (TPSA) is 125 Å². The van der Waals surface area contributed by atoms with Crippen LogP contribution in [0, 0.1) is 0 Å². The van der Waals surface area contributed by atoms with E-state index in [1.54, 1.807) is 37.3 Å². The Balaban J connectivity index is 2.74. The fourth-order valence-corrected chi connectivity index (χ4v) is 2.14. The quantitative estimate of drug-likeness (QED) is 0.521. The third kappa shape index (κ3) is 5.08. The van der Waals surface area contributed by atoms with Gasteiger partial charge in [-0.15, -0.1) is 0 Å². The van der Waals surface area contributed by atoms with E-state index in [9.17, 15) is 24.3 Å². The number of rotatable bonds is 8. The minimum absolute atomic E-state index is 0.137. The Morgan fingerprint density at radius 2 is 1.58 bits per heavy atom. The van der Waals surface area contributed by atoms with Crippen molar-refractivity contribution in [3.8, 4) is 0 Å². The highest BCUT2D eigenvalue weighted by Crippen LogP contribution is 2.25. The van der Waals surface area contributed by atoms with Gasteiger partial charge in [0.05, 0.1) is 13.1 Å². The van der Waals surface area contributed by atoms with Crippen LogP contribution in [0.3, 0.4) is 0 Å². The molecule has 0 saturated carbocycles. The van der Waals surface area contributed by atoms with Gasteiger partial charge in [0.15, 0.2) is 5.54 Å². The monoisotopic (exact) mass is 335 g/mol. The fourth-order valence-electron chi connectivity index (χ4n) is 2.14. The lowest BCUT2D eigenvalue weighted by molar-refractivity contribution is -0.148. The van der Waals surface area contributed by atoms with Crippen LogP contribution in [0.1, 0.15) is 25.8 Å². The first-order valence-corrected chi connectivity index (χ1v) is 7.43. The number of aliphatic carboxylic acids is 1. The smallest absolute Gasteiger partial charge is 0.334 e. The second-order valence-corrected chi connectivity index (χ2v) is 5.16. The van der Waals surface area contributed by atoms with Crippen LogP contribution in [0.2, 0.25) is 0 Å². The Morgan fingerprint density at radius 3 is 2.08 bits per heavy atom. The van der Waals surface area contributed by atoms with Gasteiger partial charge in [-0.05, 0) is 12.0 Å². The minimum Gasteiger partial charge on any atom is -0.479 e. The lowest BCUT2D eigenvalue weighted by Crippen LogP contribution is -2.54. The number of hydrogen-bond acceptors (Lipinski definition) is 4. The summed E-state index contributed by atoms with van der Waals surface area (Å²) >= 11 is 0. The molecule has 8 nitrogen and oxygen atoms in total. The molecule has 0 aromatic heterocycles. The van der Waals surface area contributed by atoms with E-state index in [4.69, 9.17) is 0 Å². The van der Waals surface area contributed by atoms with Crippen molar-refractivity contribution in [2.24, 2.45) is 0 Å². The molecular formula is C16H21N3O5. The number of carbonyl (C=O) groups excluding carboxylic acids is 3. The zero-order valence-electron chi connectivity index (χ0n) is 13.6. The zero-order chi connectivity index (χ0) is 18.2. The molecule has 1 rings (SSSR count). The summed E-state index contributed by atoms with van der Waals surface area (Å²) in [6.07, 6.45) is 0.137. The standard InChI is InChI=1S/C16H21N3O5/c1-3-16(15(23)24,12-7-5-4-6-8-12)19-14(22)10-18-13(21)9-17-11(2)20/h4-8H,3,9-10H2,1-2H3,(H,17,20)(H,18,21)(H,19,22)(H,23,24). The van der Waals surface area contributed by atoms with Crippen molar-refractivity contribution in [2.45, 2.75) is 25.8 Å². The maximum absolute atomic E-state index is 12.1. The van der Waals surface area contributed by atoms with Crippen LogP contribution in [-0.2, 0) is 24.7 Å². The number of benzene rings is 1. The van der Waals surface area contributed by atoms with Gasteiger partial charge in [-0.3, -0.25) is 14.4 Å². The van der Waals surface area contributed by atoms with Gasteiger partial charge in [-0.25, -0.2) is 4.79 Å². The highest BCUT2D eigenvalue weighted by atomic mass is 16.4. The van der Waals surface area contributed by atoms with Gasteiger partial charge in [0.1, 0.15) is 0 Å². The molecule has 8 heteroatoms. The number of hydrogen-bond donors (Lipinski definition) is 4. The van der Waals surface area contributed by atoms with Crippen molar-refractivity contribution in [1.29, 1.82) is 0 Å². The minimum atomic E-state index is -1.57. The molecule has 1 unspecified atom stereocenters. The first-order valence-electron chi connectivity index (χ1n) is 7.43. The molecule has 0 fully saturated rings. The maximum Gasteiger partial charge on any atom is 0.334 e. The summed E-state index contributed by atoms with van der Waals surface area (Å²) in [6, 6.07) is 8.35. The molecule has 1 atom stereocenters. The summed E-state index contributed by atoms with van der Waals surface area (Å²) in [7, 11) is 0. The molecule has 0 spiro atoms. The van der Waals surface area contributed by atoms with Gasteiger partial charge in [0.2, 0.25) is 17.7 Å². The van der Waals surface area contributed by atoms with Gasteiger partial charge in [0.25, 0.3) is 0 Å². The van der Waals surface area contributed by atoms with Crippen LogP contribution in [0.4, 0.5) is 0 Å². The summed E-state index contributed by atoms with van der Waals surface area (Å²) in [5.41, 5.74) is -1.13. The number of nitrogens with one attached hydrogen (secondary N) is 3. The fraction of sp³-hybridized carbons (Fsp3) is 0.375. The molecular weight excluding hydrogens is 314 g/mol. The maximum atomic E-state index is 12.1. The predicted octanol–water partition coefficient (Wildman–Crippen LogP) is -0.255. The molecule has 1 aromatic rings. The van der Waals surface area contributed by atoms with Crippen molar-refractivity contribution in [2.75, 3.05) is 13.1 Å². The van der Waals surface area contributed by atoms with Gasteiger partial charge in [-0.2, -0.15) is 0 Å². The van der Waals surface area contributed by atoms with E-state index in [1.165, 1.54) is 6.92 Å². The average molecular weight is 335 g/mol. The highest BCUT2D eigenvalue weighted by Gasteiger charge is 2.40. The van der Waals surface area contributed by atoms with Crippen molar-refractivity contribution >= 4 is 23.7 Å². The van der Waals surface area contributed by atoms with Gasteiger partial charge >= 0.3 is 5.97 Å². The highest BCUT2D eigenvalue weighted by molar-refractivity contribution is 5.91. The van der Waals surface area contributed by atoms with Crippen LogP contribution in [0.25, 0.3) is 0 Å². The van der Waals surface area contributed by atoms with Crippen molar-refractivity contribution in [3.05, 3.63) is 35.9 Å². The van der Waals surface area contributed by atoms with E-state index in [1.807, 2.05) is 0 Å². The zero-order valence-corrected chi connectivity index (χ0v) is 13.6. The predicted molar refractivity (Wildman–Crippen MR) is 85.9 cm³/mol. The average Bonchev–Trinajstić information content (AvgIpc) is 2.56. The third-order valence-corrected chi connectivity index (χ3v) is 3.46. The third-order valence-electron chi connectivity index (χ3n) is 3.46. The molecule has 0 heterocycles. The van der Waals surface area contributed by atoms with Crippen LogP contribution >= 0.6 is 0 Å². The molecule has 24 heavy (non-hydrogen) atoms. The Kier molecular flexibility index (Phi) is 6.91. The lowest BCUT2D eigenvalue weighted by Gasteiger charge is -2.30. The van der Waals surface area contributed by atoms with E-state index < -0.39 is 23.3 Å². The summed E-state index contributed by atoms with van der Waals surface area (Å²) in [5.74, 6) is -2.74. The van der Waals surface area contributed by atoms with E-state index >= 15 is 0 Å². The van der Waals surface area contributed by atoms with Crippen molar-refractivity contribution in [1.82, 2.24) is 16.0 Å². The lowest BCUT2D eigenvalue weighted by atomic mass is 9.87. The Labute approximate surface area is 139 Å². The van der Waals surface area contributed by atoms with Crippen molar-refractivity contribution < 1.29 is 24.3 Å². The molecule has 0 aliphatic carbocycles. The number of amides is 3. The molecule has 130 valence electrons. The first kappa shape index (κ1) is 19.1. The van der Waals surface area contributed by atoms with E-state index in [2.05, 4.69) is 16.0 Å². The summed E-state index contributed by atoms with van der Waals surface area (Å²) in [5, 5.41) is 16.7. The molecule has 0 radical (unpaired) electrons. The van der Waals surface area contributed by atoms with Crippen LogP contribution in [-0.4, -0.2) is 41.9 Å². The van der Waals surface area contributed by atoms with Crippen LogP contribution in [0.15, 0.2) is 30.3 Å². The summed E-state index contributed by atoms with van der Waals surface area (Å²) in [6.45, 7) is 2.28. The van der Waals surface area contributed by atoms with E-state index in [0.717, 1.165) is 0 Å². The van der Waals surface area contributed by atoms with Gasteiger partial charge in [0, 0.05) is 6.92 Å². The Morgan fingerprint density at radius 1 is 1.00 bits per heavy atom. The van der Waals surface area contributed by atoms with Gasteiger partial charge < -0.3 is 21.1 Å². The van der Waals surface area contributed by atoms with E-state index in [-0.39, 0.29) is 25.4 Å². The Bertz CT molecular complexity index is 617. The second-order valence-electron chi connectivity index (χ2n) is 5.16. The molecule has 0 aliphatic heterocycles. The number of carboxylic acid groups (broad SMARTS) is 1. The summed E-state index contributed by atoms with van der Waals surface area (Å²) in [4.78, 5) is 46.0. The molecule has 4 N–H and O–H groups in total.